The first-order valence-electron chi connectivity index (χ1n) is 7.75. The highest BCUT2D eigenvalue weighted by Gasteiger charge is 2.25. The van der Waals surface area contributed by atoms with Gasteiger partial charge in [0.05, 0.1) is 25.2 Å². The van der Waals surface area contributed by atoms with E-state index in [0.717, 1.165) is 19.3 Å². The molecule has 1 rings (SSSR count). The number of rotatable bonds is 10. The van der Waals surface area contributed by atoms with Crippen molar-refractivity contribution in [1.29, 1.82) is 0 Å². The second kappa shape index (κ2) is 9.07. The van der Waals surface area contributed by atoms with Crippen molar-refractivity contribution in [3.05, 3.63) is 0 Å². The Bertz CT molecular complexity index is 367. The molecule has 0 radical (unpaired) electrons. The molecule has 0 aromatic rings. The van der Waals surface area contributed by atoms with Gasteiger partial charge in [-0.05, 0) is 32.6 Å². The Hall–Kier alpha value is -1.18. The molecule has 22 heavy (non-hydrogen) atoms. The molecular weight excluding hydrogens is 290 g/mol. The third-order valence-electron chi connectivity index (χ3n) is 3.83. The van der Waals surface area contributed by atoms with Crippen LogP contribution in [0.4, 0.5) is 0 Å². The molecule has 0 aromatic carbocycles. The summed E-state index contributed by atoms with van der Waals surface area (Å²) in [7, 11) is 0. The van der Waals surface area contributed by atoms with Crippen LogP contribution < -0.4 is 5.32 Å². The van der Waals surface area contributed by atoms with E-state index in [1.54, 1.807) is 0 Å². The van der Waals surface area contributed by atoms with E-state index in [4.69, 9.17) is 9.84 Å². The summed E-state index contributed by atoms with van der Waals surface area (Å²) < 4.78 is 5.01. The standard InChI is InChI=1S/C15H27NO6/c1-15(21,10-18)7-11(8-17)9-22-14(20)6-5-13(19)16-12-3-2-4-12/h11-12,17-18,21H,2-10H2,1H3,(H,16,19)/t11?,15-/m1/s1. The summed E-state index contributed by atoms with van der Waals surface area (Å²) in [6, 6.07) is 0.253. The predicted molar refractivity (Wildman–Crippen MR) is 78.9 cm³/mol. The lowest BCUT2D eigenvalue weighted by Gasteiger charge is -2.26. The molecule has 128 valence electrons. The Morgan fingerprint density at radius 2 is 2.00 bits per heavy atom. The zero-order chi connectivity index (χ0) is 16.6. The van der Waals surface area contributed by atoms with Crippen LogP contribution in [0.15, 0.2) is 0 Å². The van der Waals surface area contributed by atoms with Crippen LogP contribution in [-0.2, 0) is 14.3 Å². The van der Waals surface area contributed by atoms with Crippen molar-refractivity contribution in [2.75, 3.05) is 19.8 Å². The van der Waals surface area contributed by atoms with Crippen LogP contribution in [0, 0.1) is 5.92 Å². The lowest BCUT2D eigenvalue weighted by molar-refractivity contribution is -0.147. The van der Waals surface area contributed by atoms with Gasteiger partial charge >= 0.3 is 5.97 Å². The van der Waals surface area contributed by atoms with Gasteiger partial charge in [0.25, 0.3) is 0 Å². The predicted octanol–water partition coefficient (Wildman–Crippen LogP) is -0.280. The van der Waals surface area contributed by atoms with E-state index in [1.165, 1.54) is 6.92 Å². The van der Waals surface area contributed by atoms with Crippen LogP contribution in [0.3, 0.4) is 0 Å². The van der Waals surface area contributed by atoms with E-state index in [-0.39, 0.29) is 44.4 Å². The number of amides is 1. The number of ether oxygens (including phenoxy) is 1. The van der Waals surface area contributed by atoms with Crippen molar-refractivity contribution in [2.24, 2.45) is 5.92 Å². The van der Waals surface area contributed by atoms with Crippen molar-refractivity contribution in [3.8, 4) is 0 Å². The molecule has 4 N–H and O–H groups in total. The van der Waals surface area contributed by atoms with E-state index in [0.29, 0.717) is 0 Å². The molecule has 1 fully saturated rings. The lowest BCUT2D eigenvalue weighted by atomic mass is 9.93. The summed E-state index contributed by atoms with van der Waals surface area (Å²) in [5.74, 6) is -1.11. The Labute approximate surface area is 130 Å². The normalized spacial score (nSPS) is 18.9. The Morgan fingerprint density at radius 3 is 2.50 bits per heavy atom. The Balaban J connectivity index is 2.18. The average molecular weight is 317 g/mol. The fourth-order valence-corrected chi connectivity index (χ4v) is 2.21. The van der Waals surface area contributed by atoms with Crippen molar-refractivity contribution < 1.29 is 29.6 Å². The van der Waals surface area contributed by atoms with Gasteiger partial charge in [0, 0.05) is 25.0 Å². The molecule has 0 saturated heterocycles. The molecule has 0 aromatic heterocycles. The van der Waals surface area contributed by atoms with E-state index < -0.39 is 24.1 Å². The van der Waals surface area contributed by atoms with Crippen LogP contribution in [0.1, 0.15) is 45.4 Å². The molecule has 7 heteroatoms. The van der Waals surface area contributed by atoms with Crippen LogP contribution >= 0.6 is 0 Å². The average Bonchev–Trinajstić information content (AvgIpc) is 2.45. The highest BCUT2D eigenvalue weighted by molar-refractivity contribution is 5.81. The van der Waals surface area contributed by atoms with Crippen LogP contribution in [0.25, 0.3) is 0 Å². The fraction of sp³-hybridized carbons (Fsp3) is 0.867. The minimum absolute atomic E-state index is 0.00685. The Morgan fingerprint density at radius 1 is 1.32 bits per heavy atom. The van der Waals surface area contributed by atoms with Gasteiger partial charge in [0.15, 0.2) is 0 Å². The summed E-state index contributed by atoms with van der Waals surface area (Å²) in [5, 5.41) is 30.7. The molecule has 1 saturated carbocycles. The van der Waals surface area contributed by atoms with Gasteiger partial charge in [0.2, 0.25) is 5.91 Å². The topological polar surface area (TPSA) is 116 Å². The van der Waals surface area contributed by atoms with Gasteiger partial charge < -0.3 is 25.4 Å². The summed E-state index contributed by atoms with van der Waals surface area (Å²) in [6.07, 6.45) is 3.33. The molecule has 1 aliphatic rings. The highest BCUT2D eigenvalue weighted by Crippen LogP contribution is 2.18. The number of hydrogen-bond donors (Lipinski definition) is 4. The van der Waals surface area contributed by atoms with Crippen LogP contribution in [-0.4, -0.2) is 58.7 Å². The molecule has 0 bridgehead atoms. The smallest absolute Gasteiger partial charge is 0.306 e. The van der Waals surface area contributed by atoms with Gasteiger partial charge in [-0.3, -0.25) is 9.59 Å². The molecule has 1 unspecified atom stereocenters. The molecule has 2 atom stereocenters. The van der Waals surface area contributed by atoms with Gasteiger partial charge in [-0.15, -0.1) is 0 Å². The maximum Gasteiger partial charge on any atom is 0.306 e. The minimum Gasteiger partial charge on any atom is -0.465 e. The second-order valence-corrected chi connectivity index (χ2v) is 6.29. The van der Waals surface area contributed by atoms with Crippen LogP contribution in [0.2, 0.25) is 0 Å². The first-order valence-corrected chi connectivity index (χ1v) is 7.75. The third kappa shape index (κ3) is 7.20. The minimum atomic E-state index is -1.32. The summed E-state index contributed by atoms with van der Waals surface area (Å²) >= 11 is 0. The summed E-state index contributed by atoms with van der Waals surface area (Å²) in [6.45, 7) is 0.711. The van der Waals surface area contributed by atoms with Gasteiger partial charge in [0.1, 0.15) is 0 Å². The van der Waals surface area contributed by atoms with Crippen molar-refractivity contribution in [2.45, 2.75) is 57.1 Å². The summed E-state index contributed by atoms with van der Waals surface area (Å²) in [5.41, 5.74) is -1.32. The van der Waals surface area contributed by atoms with Crippen molar-refractivity contribution in [1.82, 2.24) is 5.32 Å². The molecule has 7 nitrogen and oxygen atoms in total. The number of nitrogens with one attached hydrogen (secondary N) is 1. The number of carbonyl (C=O) groups excluding carboxylic acids is 2. The van der Waals surface area contributed by atoms with E-state index in [1.807, 2.05) is 0 Å². The first-order chi connectivity index (χ1) is 10.4. The number of hydrogen-bond acceptors (Lipinski definition) is 6. The largest absolute Gasteiger partial charge is 0.465 e. The number of aliphatic hydroxyl groups excluding tert-OH is 2. The van der Waals surface area contributed by atoms with Gasteiger partial charge in [-0.2, -0.15) is 0 Å². The molecule has 0 heterocycles. The highest BCUT2D eigenvalue weighted by atomic mass is 16.5. The zero-order valence-electron chi connectivity index (χ0n) is 13.1. The molecule has 1 aliphatic carbocycles. The monoisotopic (exact) mass is 317 g/mol. The molecule has 0 aliphatic heterocycles. The number of carbonyl (C=O) groups is 2. The zero-order valence-corrected chi connectivity index (χ0v) is 13.1. The van der Waals surface area contributed by atoms with Crippen molar-refractivity contribution in [3.63, 3.8) is 0 Å². The van der Waals surface area contributed by atoms with E-state index in [9.17, 15) is 19.8 Å². The summed E-state index contributed by atoms with van der Waals surface area (Å²) in [4.78, 5) is 23.1. The first kappa shape index (κ1) is 18.9. The number of esters is 1. The molecule has 1 amide bonds. The fourth-order valence-electron chi connectivity index (χ4n) is 2.21. The Kier molecular flexibility index (Phi) is 7.78. The van der Waals surface area contributed by atoms with E-state index >= 15 is 0 Å². The second-order valence-electron chi connectivity index (χ2n) is 6.29. The number of aliphatic hydroxyl groups is 3. The maximum absolute atomic E-state index is 11.6. The van der Waals surface area contributed by atoms with Gasteiger partial charge in [-0.25, -0.2) is 0 Å². The van der Waals surface area contributed by atoms with Crippen LogP contribution in [0.5, 0.6) is 0 Å². The van der Waals surface area contributed by atoms with Gasteiger partial charge in [-0.1, -0.05) is 0 Å². The molecular formula is C15H27NO6. The molecule has 0 spiro atoms. The SMILES string of the molecule is C[C@](O)(CO)CC(CO)COC(=O)CCC(=O)NC1CCC1. The lowest BCUT2D eigenvalue weighted by Crippen LogP contribution is -2.39. The maximum atomic E-state index is 11.6. The third-order valence-corrected chi connectivity index (χ3v) is 3.83. The van der Waals surface area contributed by atoms with Crippen molar-refractivity contribution >= 4 is 11.9 Å². The van der Waals surface area contributed by atoms with E-state index in [2.05, 4.69) is 5.32 Å². The quantitative estimate of drug-likeness (QED) is 0.412.